The number of aliphatic carboxylic acids is 1. The molecule has 0 aromatic heterocycles. The molecule has 0 aliphatic carbocycles. The van der Waals surface area contributed by atoms with Gasteiger partial charge in [-0.15, -0.1) is 0 Å². The van der Waals surface area contributed by atoms with Crippen molar-refractivity contribution in [3.63, 3.8) is 0 Å². The molecule has 1 heterocycles. The van der Waals surface area contributed by atoms with Crippen LogP contribution < -0.4 is 0 Å². The molecule has 3 N–H and O–H groups in total. The minimum Gasteiger partial charge on any atom is -0.479 e. The number of hydrogen-bond acceptors (Lipinski definition) is 11. The third-order valence-corrected chi connectivity index (χ3v) is 14.1. The molecule has 444 valence electrons. The molecule has 0 radical (unpaired) electrons. The normalized spacial score (nSPS) is 18.4. The topological polar surface area (TPSA) is 175 Å². The summed E-state index contributed by atoms with van der Waals surface area (Å²) in [6.07, 6.45) is 53.5. The highest BCUT2D eigenvalue weighted by molar-refractivity contribution is 5.74. The van der Waals surface area contributed by atoms with Crippen molar-refractivity contribution < 1.29 is 58.2 Å². The zero-order chi connectivity index (χ0) is 56.1. The highest BCUT2D eigenvalue weighted by Crippen LogP contribution is 2.27. The largest absolute Gasteiger partial charge is 0.479 e. The number of esters is 3. The maximum atomic E-state index is 13.2. The molecule has 6 atom stereocenters. The number of hydrogen-bond donors (Lipinski definition) is 3. The van der Waals surface area contributed by atoms with Crippen molar-refractivity contribution in [2.24, 2.45) is 0 Å². The lowest BCUT2D eigenvalue weighted by Crippen LogP contribution is -2.61. The Kier molecular flexibility index (Phi) is 49.2. The molecule has 12 heteroatoms. The summed E-state index contributed by atoms with van der Waals surface area (Å²) in [7, 11) is 0. The Morgan fingerprint density at radius 1 is 0.442 bits per heavy atom. The number of carboxylic acid groups (broad SMARTS) is 1. The van der Waals surface area contributed by atoms with Crippen molar-refractivity contribution >= 4 is 23.9 Å². The average molecular weight is 1090 g/mol. The van der Waals surface area contributed by atoms with Crippen LogP contribution in [0.1, 0.15) is 278 Å². The maximum Gasteiger partial charge on any atom is 0.335 e. The summed E-state index contributed by atoms with van der Waals surface area (Å²) in [5.74, 6) is -3.14. The van der Waals surface area contributed by atoms with E-state index in [-0.39, 0.29) is 25.9 Å². The van der Waals surface area contributed by atoms with E-state index in [9.17, 15) is 34.5 Å². The smallest absolute Gasteiger partial charge is 0.335 e. The number of allylic oxidation sites excluding steroid dienone is 10. The average Bonchev–Trinajstić information content (AvgIpc) is 3.42. The summed E-state index contributed by atoms with van der Waals surface area (Å²) in [5.41, 5.74) is 0. The first-order valence-electron chi connectivity index (χ1n) is 31.3. The number of unbranched alkanes of at least 4 members (excludes halogenated alkanes) is 29. The maximum absolute atomic E-state index is 13.2. The second kappa shape index (κ2) is 53.1. The number of aliphatic hydroxyl groups is 2. The summed E-state index contributed by atoms with van der Waals surface area (Å²) < 4.78 is 28.4. The first-order chi connectivity index (χ1) is 37.6. The number of aliphatic hydroxyl groups excluding tert-OH is 2. The van der Waals surface area contributed by atoms with Gasteiger partial charge >= 0.3 is 23.9 Å². The number of carbonyl (C=O) groups is 4. The van der Waals surface area contributed by atoms with Gasteiger partial charge in [0.2, 0.25) is 0 Å². The van der Waals surface area contributed by atoms with E-state index in [4.69, 9.17) is 23.7 Å². The lowest BCUT2D eigenvalue weighted by atomic mass is 9.98. The fourth-order valence-electron chi connectivity index (χ4n) is 9.34. The molecule has 0 bridgehead atoms. The second-order valence-corrected chi connectivity index (χ2v) is 21.3. The van der Waals surface area contributed by atoms with Crippen molar-refractivity contribution in [1.82, 2.24) is 0 Å². The summed E-state index contributed by atoms with van der Waals surface area (Å²) in [6.45, 7) is 5.85. The van der Waals surface area contributed by atoms with Gasteiger partial charge in [0.1, 0.15) is 18.8 Å². The first-order valence-corrected chi connectivity index (χ1v) is 31.3. The van der Waals surface area contributed by atoms with Gasteiger partial charge in [0, 0.05) is 19.3 Å². The van der Waals surface area contributed by atoms with Crippen LogP contribution in [0.15, 0.2) is 60.8 Å². The highest BCUT2D eigenvalue weighted by atomic mass is 16.7. The third kappa shape index (κ3) is 43.0. The quantitative estimate of drug-likeness (QED) is 0.0228. The molecule has 1 aliphatic rings. The van der Waals surface area contributed by atoms with E-state index in [1.165, 1.54) is 122 Å². The monoisotopic (exact) mass is 1080 g/mol. The van der Waals surface area contributed by atoms with E-state index in [0.717, 1.165) is 96.3 Å². The van der Waals surface area contributed by atoms with Gasteiger partial charge in [-0.25, -0.2) is 4.79 Å². The van der Waals surface area contributed by atoms with Gasteiger partial charge in [0.15, 0.2) is 24.6 Å². The number of ether oxygens (including phenoxy) is 5. The highest BCUT2D eigenvalue weighted by Gasteiger charge is 2.50. The predicted molar refractivity (Wildman–Crippen MR) is 312 cm³/mol. The van der Waals surface area contributed by atoms with Crippen molar-refractivity contribution in [3.05, 3.63) is 60.8 Å². The number of rotatable bonds is 53. The lowest BCUT2D eigenvalue weighted by Gasteiger charge is -2.40. The van der Waals surface area contributed by atoms with Crippen LogP contribution in [-0.4, -0.2) is 89.2 Å². The molecular weight excluding hydrogens is 973 g/mol. The lowest BCUT2D eigenvalue weighted by molar-refractivity contribution is -0.301. The first kappa shape index (κ1) is 71.4. The summed E-state index contributed by atoms with van der Waals surface area (Å²) in [5, 5.41) is 31.4. The Bertz CT molecular complexity index is 1570. The molecule has 1 saturated heterocycles. The Hall–Kier alpha value is -3.58. The standard InChI is InChI=1S/C65H112O12/c1-4-7-10-13-16-19-21-23-25-27-29-31-33-35-37-40-42-45-48-51-57(66)73-54-56(75-58(67)52-49-46-44-41-38-36-34-32-30-28-26-24-22-20-17-14-11-8-5-2)55-74-65-63(61(70)60(69)62(77-65)64(71)72)76-59(68)53-50-47-43-39-18-15-12-9-6-3/h7,10,16,19,23,25,29,31,35,37,56,60-63,65,69-70H,4-6,8-9,11-15,17-18,20-22,24,26-28,30,32-34,36,38-55H2,1-3H3,(H,71,72)/b10-7-,19-16-,25-23-,31-29-,37-35-. The molecule has 0 aromatic rings. The van der Waals surface area contributed by atoms with Crippen LogP contribution in [0.2, 0.25) is 0 Å². The van der Waals surface area contributed by atoms with E-state index < -0.39 is 67.3 Å². The number of carbonyl (C=O) groups excluding carboxylic acids is 3. The summed E-state index contributed by atoms with van der Waals surface area (Å²) in [6, 6.07) is 0. The van der Waals surface area contributed by atoms with Gasteiger partial charge in [0.25, 0.3) is 0 Å². The third-order valence-electron chi connectivity index (χ3n) is 14.1. The van der Waals surface area contributed by atoms with E-state index in [1.807, 2.05) is 0 Å². The molecule has 0 amide bonds. The van der Waals surface area contributed by atoms with Crippen LogP contribution in [0, 0.1) is 0 Å². The summed E-state index contributed by atoms with van der Waals surface area (Å²) in [4.78, 5) is 51.1. The van der Waals surface area contributed by atoms with Crippen molar-refractivity contribution in [2.75, 3.05) is 13.2 Å². The van der Waals surface area contributed by atoms with Gasteiger partial charge in [-0.1, -0.05) is 255 Å². The van der Waals surface area contributed by atoms with Crippen LogP contribution in [0.4, 0.5) is 0 Å². The van der Waals surface area contributed by atoms with Crippen LogP contribution in [0.3, 0.4) is 0 Å². The molecular formula is C65H112O12. The Morgan fingerprint density at radius 2 is 0.818 bits per heavy atom. The molecule has 1 aliphatic heterocycles. The molecule has 12 nitrogen and oxygen atoms in total. The van der Waals surface area contributed by atoms with Crippen LogP contribution in [0.5, 0.6) is 0 Å². The van der Waals surface area contributed by atoms with Gasteiger partial charge in [-0.05, 0) is 64.2 Å². The number of carboxylic acids is 1. The molecule has 77 heavy (non-hydrogen) atoms. The van der Waals surface area contributed by atoms with Crippen LogP contribution in [0.25, 0.3) is 0 Å². The van der Waals surface area contributed by atoms with E-state index >= 15 is 0 Å². The van der Waals surface area contributed by atoms with Crippen molar-refractivity contribution in [1.29, 1.82) is 0 Å². The van der Waals surface area contributed by atoms with Crippen molar-refractivity contribution in [2.45, 2.75) is 314 Å². The van der Waals surface area contributed by atoms with Gasteiger partial charge < -0.3 is 39.0 Å². The molecule has 6 unspecified atom stereocenters. The van der Waals surface area contributed by atoms with Gasteiger partial charge in [-0.2, -0.15) is 0 Å². The second-order valence-electron chi connectivity index (χ2n) is 21.3. The minimum atomic E-state index is -1.90. The van der Waals surface area contributed by atoms with Crippen LogP contribution in [-0.2, 0) is 42.9 Å². The minimum absolute atomic E-state index is 0.0588. The Balaban J connectivity index is 2.65. The molecule has 0 aromatic carbocycles. The van der Waals surface area contributed by atoms with Gasteiger partial charge in [-0.3, -0.25) is 14.4 Å². The Morgan fingerprint density at radius 3 is 1.25 bits per heavy atom. The van der Waals surface area contributed by atoms with E-state index in [1.54, 1.807) is 0 Å². The molecule has 1 rings (SSSR count). The van der Waals surface area contributed by atoms with E-state index in [0.29, 0.717) is 19.3 Å². The summed E-state index contributed by atoms with van der Waals surface area (Å²) >= 11 is 0. The van der Waals surface area contributed by atoms with Crippen LogP contribution >= 0.6 is 0 Å². The molecule has 0 spiro atoms. The predicted octanol–water partition coefficient (Wildman–Crippen LogP) is 16.3. The molecule has 0 saturated carbocycles. The van der Waals surface area contributed by atoms with E-state index in [2.05, 4.69) is 81.5 Å². The Labute approximate surface area is 468 Å². The van der Waals surface area contributed by atoms with Gasteiger partial charge in [0.05, 0.1) is 6.61 Å². The fraction of sp³-hybridized carbons (Fsp3) is 0.785. The zero-order valence-corrected chi connectivity index (χ0v) is 49.0. The zero-order valence-electron chi connectivity index (χ0n) is 49.0. The molecule has 1 fully saturated rings. The fourth-order valence-corrected chi connectivity index (χ4v) is 9.34. The SMILES string of the molecule is CC/C=C\C/C=C\C/C=C\C/C=C\C/C=C\CCCCCC(=O)OCC(COC1OC(C(=O)O)C(O)C(O)C1OC(=O)CCCCCCCCCCC)OC(=O)CCCCCCCCCCCCCCCCCCCCC. The van der Waals surface area contributed by atoms with Crippen molar-refractivity contribution in [3.8, 4) is 0 Å².